The molecule has 0 aliphatic heterocycles. The lowest BCUT2D eigenvalue weighted by molar-refractivity contribution is 0.400. The lowest BCUT2D eigenvalue weighted by Crippen LogP contribution is -2.13. The predicted octanol–water partition coefficient (Wildman–Crippen LogP) is 4.56. The Morgan fingerprint density at radius 2 is 1.56 bits per heavy atom. The van der Waals surface area contributed by atoms with Crippen molar-refractivity contribution in [1.29, 1.82) is 0 Å². The lowest BCUT2D eigenvalue weighted by Gasteiger charge is -2.10. The SMILES string of the molecule is CN(C)CCCc1cnn2c(-c3ccccc3)cc(-c3ccccc3)nc12. The van der Waals surface area contributed by atoms with Crippen molar-refractivity contribution in [2.75, 3.05) is 20.6 Å². The van der Waals surface area contributed by atoms with Crippen molar-refractivity contribution in [3.05, 3.63) is 78.5 Å². The van der Waals surface area contributed by atoms with Crippen LogP contribution in [0.25, 0.3) is 28.2 Å². The molecule has 4 nitrogen and oxygen atoms in total. The second-order valence-corrected chi connectivity index (χ2v) is 7.07. The molecule has 0 spiro atoms. The van der Waals surface area contributed by atoms with Crippen LogP contribution in [-0.4, -0.2) is 40.1 Å². The summed E-state index contributed by atoms with van der Waals surface area (Å²) in [5.74, 6) is 0. The van der Waals surface area contributed by atoms with E-state index < -0.39 is 0 Å². The molecule has 27 heavy (non-hydrogen) atoms. The van der Waals surface area contributed by atoms with Gasteiger partial charge in [-0.15, -0.1) is 0 Å². The van der Waals surface area contributed by atoms with Crippen molar-refractivity contribution in [2.45, 2.75) is 12.8 Å². The molecule has 0 aliphatic rings. The maximum atomic E-state index is 4.98. The van der Waals surface area contributed by atoms with Gasteiger partial charge in [-0.2, -0.15) is 5.10 Å². The summed E-state index contributed by atoms with van der Waals surface area (Å²) < 4.78 is 1.98. The third kappa shape index (κ3) is 3.76. The van der Waals surface area contributed by atoms with E-state index in [1.54, 1.807) is 0 Å². The molecule has 0 bridgehead atoms. The highest BCUT2D eigenvalue weighted by molar-refractivity contribution is 5.72. The third-order valence-electron chi connectivity index (χ3n) is 4.74. The second kappa shape index (κ2) is 7.72. The molecular weight excluding hydrogens is 332 g/mol. The van der Waals surface area contributed by atoms with E-state index in [0.717, 1.165) is 47.5 Å². The van der Waals surface area contributed by atoms with Crippen molar-refractivity contribution in [1.82, 2.24) is 19.5 Å². The van der Waals surface area contributed by atoms with Crippen LogP contribution in [0, 0.1) is 0 Å². The average molecular weight is 356 g/mol. The van der Waals surface area contributed by atoms with Gasteiger partial charge in [-0.25, -0.2) is 9.50 Å². The molecule has 2 aromatic carbocycles. The minimum atomic E-state index is 0.953. The molecule has 136 valence electrons. The summed E-state index contributed by atoms with van der Waals surface area (Å²) in [5, 5.41) is 4.67. The zero-order valence-corrected chi connectivity index (χ0v) is 15.8. The Morgan fingerprint density at radius 3 is 2.22 bits per heavy atom. The maximum Gasteiger partial charge on any atom is 0.159 e. The highest BCUT2D eigenvalue weighted by atomic mass is 15.3. The van der Waals surface area contributed by atoms with Crippen LogP contribution < -0.4 is 0 Å². The Hall–Kier alpha value is -2.98. The monoisotopic (exact) mass is 356 g/mol. The van der Waals surface area contributed by atoms with Gasteiger partial charge in [-0.1, -0.05) is 60.7 Å². The molecule has 4 rings (SSSR count). The van der Waals surface area contributed by atoms with Gasteiger partial charge in [0.25, 0.3) is 0 Å². The number of hydrogen-bond acceptors (Lipinski definition) is 3. The van der Waals surface area contributed by atoms with Crippen LogP contribution in [0.1, 0.15) is 12.0 Å². The van der Waals surface area contributed by atoms with Crippen molar-refractivity contribution in [2.24, 2.45) is 0 Å². The standard InChI is InChI=1S/C23H24N4/c1-26(2)15-9-14-20-17-24-27-22(19-12-7-4-8-13-19)16-21(25-23(20)27)18-10-5-3-6-11-18/h3-8,10-13,16-17H,9,14-15H2,1-2H3. The molecule has 4 heteroatoms. The molecule has 0 aliphatic carbocycles. The van der Waals surface area contributed by atoms with Gasteiger partial charge in [0.1, 0.15) is 0 Å². The molecule has 0 atom stereocenters. The van der Waals surface area contributed by atoms with E-state index >= 15 is 0 Å². The van der Waals surface area contributed by atoms with E-state index in [1.165, 1.54) is 5.56 Å². The van der Waals surface area contributed by atoms with Gasteiger partial charge in [-0.05, 0) is 39.5 Å². The Morgan fingerprint density at radius 1 is 0.889 bits per heavy atom. The summed E-state index contributed by atoms with van der Waals surface area (Å²) in [6, 6.07) is 22.9. The smallest absolute Gasteiger partial charge is 0.159 e. The van der Waals surface area contributed by atoms with Gasteiger partial charge in [-0.3, -0.25) is 0 Å². The van der Waals surface area contributed by atoms with Crippen LogP contribution in [0.3, 0.4) is 0 Å². The summed E-state index contributed by atoms with van der Waals surface area (Å²) in [5.41, 5.74) is 6.47. The first-order valence-corrected chi connectivity index (χ1v) is 9.35. The number of aryl methyl sites for hydroxylation is 1. The van der Waals surface area contributed by atoms with Gasteiger partial charge in [0.05, 0.1) is 17.6 Å². The fourth-order valence-electron chi connectivity index (χ4n) is 3.34. The molecule has 0 saturated heterocycles. The first-order chi connectivity index (χ1) is 13.2. The second-order valence-electron chi connectivity index (χ2n) is 7.07. The Balaban J connectivity index is 1.84. The first kappa shape index (κ1) is 17.4. The zero-order valence-electron chi connectivity index (χ0n) is 15.8. The molecule has 0 N–H and O–H groups in total. The molecule has 4 aromatic rings. The van der Waals surface area contributed by atoms with Gasteiger partial charge in [0.2, 0.25) is 0 Å². The van der Waals surface area contributed by atoms with Crippen LogP contribution in [0.5, 0.6) is 0 Å². The first-order valence-electron chi connectivity index (χ1n) is 9.35. The fraction of sp³-hybridized carbons (Fsp3) is 0.217. The van der Waals surface area contributed by atoms with E-state index in [0.29, 0.717) is 0 Å². The number of fused-ring (bicyclic) bond motifs is 1. The molecule has 2 aromatic heterocycles. The maximum absolute atomic E-state index is 4.98. The summed E-state index contributed by atoms with van der Waals surface area (Å²) in [4.78, 5) is 7.19. The summed E-state index contributed by atoms with van der Waals surface area (Å²) >= 11 is 0. The minimum Gasteiger partial charge on any atom is -0.309 e. The van der Waals surface area contributed by atoms with Crippen molar-refractivity contribution in [3.63, 3.8) is 0 Å². The van der Waals surface area contributed by atoms with Crippen molar-refractivity contribution >= 4 is 5.65 Å². The molecular formula is C23H24N4. The molecule has 0 amide bonds. The van der Waals surface area contributed by atoms with Gasteiger partial charge >= 0.3 is 0 Å². The van der Waals surface area contributed by atoms with Crippen LogP contribution in [0.2, 0.25) is 0 Å². The highest BCUT2D eigenvalue weighted by Crippen LogP contribution is 2.27. The number of rotatable bonds is 6. The number of nitrogens with zero attached hydrogens (tertiary/aromatic N) is 4. The van der Waals surface area contributed by atoms with Crippen molar-refractivity contribution in [3.8, 4) is 22.5 Å². The predicted molar refractivity (Wildman–Crippen MR) is 111 cm³/mol. The van der Waals surface area contributed by atoms with Crippen LogP contribution in [0.15, 0.2) is 72.9 Å². The largest absolute Gasteiger partial charge is 0.309 e. The molecule has 0 saturated carbocycles. The number of hydrogen-bond donors (Lipinski definition) is 0. The van der Waals surface area contributed by atoms with Crippen LogP contribution >= 0.6 is 0 Å². The summed E-state index contributed by atoms with van der Waals surface area (Å²) in [7, 11) is 4.21. The van der Waals surface area contributed by atoms with E-state index in [-0.39, 0.29) is 0 Å². The average Bonchev–Trinajstić information content (AvgIpc) is 3.11. The zero-order chi connectivity index (χ0) is 18.6. The van der Waals surface area contributed by atoms with Gasteiger partial charge in [0, 0.05) is 16.7 Å². The van der Waals surface area contributed by atoms with E-state index in [1.807, 2.05) is 22.8 Å². The number of benzene rings is 2. The third-order valence-corrected chi connectivity index (χ3v) is 4.74. The summed E-state index contributed by atoms with van der Waals surface area (Å²) in [6.07, 6.45) is 4.03. The molecule has 0 fully saturated rings. The molecule has 0 unspecified atom stereocenters. The van der Waals surface area contributed by atoms with Crippen molar-refractivity contribution < 1.29 is 0 Å². The highest BCUT2D eigenvalue weighted by Gasteiger charge is 2.14. The Bertz CT molecular complexity index is 1020. The Kier molecular flexibility index (Phi) is 4.99. The molecule has 2 heterocycles. The van der Waals surface area contributed by atoms with E-state index in [2.05, 4.69) is 78.7 Å². The van der Waals surface area contributed by atoms with E-state index in [4.69, 9.17) is 4.98 Å². The van der Waals surface area contributed by atoms with E-state index in [9.17, 15) is 0 Å². The topological polar surface area (TPSA) is 33.4 Å². The minimum absolute atomic E-state index is 0.953. The van der Waals surface area contributed by atoms with Crippen LogP contribution in [0.4, 0.5) is 0 Å². The van der Waals surface area contributed by atoms with Crippen LogP contribution in [-0.2, 0) is 6.42 Å². The fourth-order valence-corrected chi connectivity index (χ4v) is 3.34. The van der Waals surface area contributed by atoms with Gasteiger partial charge < -0.3 is 4.90 Å². The normalized spacial score (nSPS) is 11.4. The lowest BCUT2D eigenvalue weighted by atomic mass is 10.1. The molecule has 0 radical (unpaired) electrons. The Labute approximate surface area is 160 Å². The number of aromatic nitrogens is 3. The van der Waals surface area contributed by atoms with Gasteiger partial charge in [0.15, 0.2) is 5.65 Å². The summed E-state index contributed by atoms with van der Waals surface area (Å²) in [6.45, 7) is 1.06. The quantitative estimate of drug-likeness (QED) is 0.508.